The Balaban J connectivity index is 1.19. The van der Waals surface area contributed by atoms with E-state index in [0.717, 1.165) is 24.9 Å². The van der Waals surface area contributed by atoms with E-state index in [4.69, 9.17) is 0 Å². The third kappa shape index (κ3) is 4.14. The summed E-state index contributed by atoms with van der Waals surface area (Å²) in [5.74, 6) is 1.57. The number of allylic oxidation sites excluding steroid dienone is 7. The minimum Gasteiger partial charge on any atom is -0.361 e. The quantitative estimate of drug-likeness (QED) is 0.442. The highest BCUT2D eigenvalue weighted by atomic mass is 15.2. The number of hydrogen-bond acceptors (Lipinski definition) is 2. The van der Waals surface area contributed by atoms with Gasteiger partial charge in [-0.1, -0.05) is 49.3 Å². The summed E-state index contributed by atoms with van der Waals surface area (Å²) in [6.45, 7) is 4.64. The maximum atomic E-state index is 3.58. The highest BCUT2D eigenvalue weighted by molar-refractivity contribution is 5.58. The van der Waals surface area contributed by atoms with Crippen molar-refractivity contribution in [1.29, 1.82) is 0 Å². The van der Waals surface area contributed by atoms with Gasteiger partial charge in [-0.2, -0.15) is 0 Å². The first-order chi connectivity index (χ1) is 17.7. The van der Waals surface area contributed by atoms with Gasteiger partial charge in [-0.05, 0) is 135 Å². The molecular formula is C34H44N2. The standard InChI is InChI=1S/C34H44N2/c1-23-8-17-33-32(19-23)31-16-13-28(27-10-9-24-5-2-3-6-26(24)20-27)21-34(31)36(33)30-14-11-25(12-15-30)29-7-4-18-35-22-29/h7,10-11,19-21,23-24,30,33,35H,2-6,8-9,12-18,22H2,1H3. The molecule has 0 radical (unpaired) electrons. The Morgan fingerprint density at radius 3 is 2.67 bits per heavy atom. The summed E-state index contributed by atoms with van der Waals surface area (Å²) in [5, 5.41) is 3.58. The second kappa shape index (κ2) is 9.67. The molecule has 1 fully saturated rings. The third-order valence-electron chi connectivity index (χ3n) is 10.3. The van der Waals surface area contributed by atoms with Crippen LogP contribution in [0.2, 0.25) is 0 Å². The minimum atomic E-state index is 0.624. The maximum Gasteiger partial charge on any atom is 0.0546 e. The lowest BCUT2D eigenvalue weighted by Crippen LogP contribution is -2.41. The fourth-order valence-electron chi connectivity index (χ4n) is 8.32. The molecule has 1 N–H and O–H groups in total. The molecule has 2 heterocycles. The zero-order chi connectivity index (χ0) is 24.1. The van der Waals surface area contributed by atoms with Gasteiger partial charge in [0.15, 0.2) is 0 Å². The van der Waals surface area contributed by atoms with Gasteiger partial charge in [-0.15, -0.1) is 0 Å². The van der Waals surface area contributed by atoms with E-state index >= 15 is 0 Å². The van der Waals surface area contributed by atoms with Crippen LogP contribution in [0.15, 0.2) is 81.2 Å². The highest BCUT2D eigenvalue weighted by Crippen LogP contribution is 2.49. The predicted octanol–water partition coefficient (Wildman–Crippen LogP) is 7.85. The Labute approximate surface area is 218 Å². The van der Waals surface area contributed by atoms with Crippen molar-refractivity contribution in [3.05, 3.63) is 81.2 Å². The zero-order valence-corrected chi connectivity index (χ0v) is 22.3. The van der Waals surface area contributed by atoms with Crippen LogP contribution < -0.4 is 5.32 Å². The molecule has 0 spiro atoms. The first-order valence-electron chi connectivity index (χ1n) is 15.2. The second-order valence-electron chi connectivity index (χ2n) is 12.5. The highest BCUT2D eigenvalue weighted by Gasteiger charge is 2.42. The summed E-state index contributed by atoms with van der Waals surface area (Å²) < 4.78 is 0. The first-order valence-corrected chi connectivity index (χ1v) is 15.2. The van der Waals surface area contributed by atoms with Gasteiger partial charge in [0.1, 0.15) is 0 Å². The zero-order valence-electron chi connectivity index (χ0n) is 22.3. The average molecular weight is 481 g/mol. The van der Waals surface area contributed by atoms with Gasteiger partial charge in [0.25, 0.3) is 0 Å². The summed E-state index contributed by atoms with van der Waals surface area (Å²) in [7, 11) is 0. The Morgan fingerprint density at radius 1 is 0.833 bits per heavy atom. The van der Waals surface area contributed by atoms with E-state index in [9.17, 15) is 0 Å². The van der Waals surface area contributed by atoms with Gasteiger partial charge in [0.2, 0.25) is 0 Å². The van der Waals surface area contributed by atoms with Gasteiger partial charge in [0.05, 0.1) is 6.04 Å². The van der Waals surface area contributed by atoms with Crippen molar-refractivity contribution in [2.75, 3.05) is 13.1 Å². The molecule has 7 aliphatic rings. The maximum absolute atomic E-state index is 3.58. The van der Waals surface area contributed by atoms with E-state index in [0.29, 0.717) is 12.1 Å². The van der Waals surface area contributed by atoms with Gasteiger partial charge >= 0.3 is 0 Å². The normalized spacial score (nSPS) is 34.4. The minimum absolute atomic E-state index is 0.624. The Bertz CT molecular complexity index is 1140. The molecule has 190 valence electrons. The molecule has 2 aliphatic heterocycles. The van der Waals surface area contributed by atoms with Crippen molar-refractivity contribution in [3.8, 4) is 0 Å². The lowest BCUT2D eigenvalue weighted by molar-refractivity contribution is 0.194. The molecule has 0 aromatic carbocycles. The average Bonchev–Trinajstić information content (AvgIpc) is 3.26. The van der Waals surface area contributed by atoms with Crippen LogP contribution in [-0.4, -0.2) is 30.1 Å². The SMILES string of the molecule is CC1C=C2C3=C(C=C(C4=CCC5CCCCC5=C4)CC3)N(C3CC=C(C4=CCCNC4)CC3)C2CC1. The van der Waals surface area contributed by atoms with Crippen molar-refractivity contribution in [2.45, 2.75) is 102 Å². The first kappa shape index (κ1) is 23.1. The van der Waals surface area contributed by atoms with Crippen LogP contribution in [0.1, 0.15) is 90.4 Å². The Kier molecular flexibility index (Phi) is 6.20. The number of nitrogens with zero attached hydrogens (tertiary/aromatic N) is 1. The van der Waals surface area contributed by atoms with E-state index in [1.165, 1.54) is 83.5 Å². The number of rotatable bonds is 3. The van der Waals surface area contributed by atoms with Crippen molar-refractivity contribution in [3.63, 3.8) is 0 Å². The van der Waals surface area contributed by atoms with E-state index in [1.54, 1.807) is 44.7 Å². The molecule has 7 rings (SSSR count). The molecular weight excluding hydrogens is 436 g/mol. The third-order valence-corrected chi connectivity index (χ3v) is 10.3. The largest absolute Gasteiger partial charge is 0.361 e. The molecule has 1 saturated carbocycles. The fraction of sp³-hybridized carbons (Fsp3) is 0.588. The topological polar surface area (TPSA) is 15.3 Å². The summed E-state index contributed by atoms with van der Waals surface area (Å²) in [6, 6.07) is 1.27. The Morgan fingerprint density at radius 2 is 1.81 bits per heavy atom. The lowest BCUT2D eigenvalue weighted by atomic mass is 9.76. The van der Waals surface area contributed by atoms with Crippen molar-refractivity contribution in [1.82, 2.24) is 10.2 Å². The summed E-state index contributed by atoms with van der Waals surface area (Å²) in [6.07, 6.45) is 32.5. The molecule has 5 aliphatic carbocycles. The van der Waals surface area contributed by atoms with Gasteiger partial charge in [0, 0.05) is 18.3 Å². The lowest BCUT2D eigenvalue weighted by Gasteiger charge is -2.40. The van der Waals surface area contributed by atoms with Crippen LogP contribution >= 0.6 is 0 Å². The molecule has 0 aromatic heterocycles. The predicted molar refractivity (Wildman–Crippen MR) is 150 cm³/mol. The summed E-state index contributed by atoms with van der Waals surface area (Å²) >= 11 is 0. The van der Waals surface area contributed by atoms with Gasteiger partial charge in [-0.3, -0.25) is 0 Å². The molecule has 4 unspecified atom stereocenters. The van der Waals surface area contributed by atoms with E-state index < -0.39 is 0 Å². The molecule has 36 heavy (non-hydrogen) atoms. The number of nitrogens with one attached hydrogen (secondary N) is 1. The van der Waals surface area contributed by atoms with E-state index in [2.05, 4.69) is 53.6 Å². The van der Waals surface area contributed by atoms with Crippen LogP contribution in [-0.2, 0) is 0 Å². The van der Waals surface area contributed by atoms with E-state index in [1.807, 2.05) is 0 Å². The van der Waals surface area contributed by atoms with Gasteiger partial charge in [-0.25, -0.2) is 0 Å². The van der Waals surface area contributed by atoms with Crippen molar-refractivity contribution in [2.24, 2.45) is 11.8 Å². The summed E-state index contributed by atoms with van der Waals surface area (Å²) in [5.41, 5.74) is 13.1. The number of fused-ring (bicyclic) bond motifs is 3. The fourth-order valence-corrected chi connectivity index (χ4v) is 8.32. The van der Waals surface area contributed by atoms with Crippen LogP contribution in [0, 0.1) is 11.8 Å². The second-order valence-corrected chi connectivity index (χ2v) is 12.5. The monoisotopic (exact) mass is 480 g/mol. The molecule has 2 nitrogen and oxygen atoms in total. The summed E-state index contributed by atoms with van der Waals surface area (Å²) in [4.78, 5) is 2.92. The Hall–Kier alpha value is -2.06. The van der Waals surface area contributed by atoms with Gasteiger partial charge < -0.3 is 10.2 Å². The molecule has 0 bridgehead atoms. The van der Waals surface area contributed by atoms with Crippen LogP contribution in [0.4, 0.5) is 0 Å². The smallest absolute Gasteiger partial charge is 0.0546 e. The van der Waals surface area contributed by atoms with Crippen molar-refractivity contribution < 1.29 is 0 Å². The number of hydrogen-bond donors (Lipinski definition) is 1. The molecule has 0 saturated heterocycles. The van der Waals surface area contributed by atoms with Crippen LogP contribution in [0.25, 0.3) is 0 Å². The van der Waals surface area contributed by atoms with E-state index in [-0.39, 0.29) is 0 Å². The van der Waals surface area contributed by atoms with Crippen LogP contribution in [0.3, 0.4) is 0 Å². The molecule has 0 amide bonds. The molecule has 4 atom stereocenters. The molecule has 2 heteroatoms. The van der Waals surface area contributed by atoms with Crippen LogP contribution in [0.5, 0.6) is 0 Å². The van der Waals surface area contributed by atoms with Crippen molar-refractivity contribution >= 4 is 0 Å². The molecule has 0 aromatic rings.